The van der Waals surface area contributed by atoms with E-state index in [4.69, 9.17) is 15.9 Å². The van der Waals surface area contributed by atoms with Crippen molar-refractivity contribution in [2.75, 3.05) is 6.61 Å². The SMILES string of the molecule is N[C@]1(O)[C@H](O)O[C@H](CO)[C@@H](O)[C@@H]1O. The molecule has 7 nitrogen and oxygen atoms in total. The largest absolute Gasteiger partial charge is 0.394 e. The van der Waals surface area contributed by atoms with Gasteiger partial charge in [-0.15, -0.1) is 0 Å². The molecule has 1 aliphatic heterocycles. The van der Waals surface area contributed by atoms with E-state index in [1.165, 1.54) is 0 Å². The average molecular weight is 195 g/mol. The second-order valence-electron chi connectivity index (χ2n) is 3.03. The van der Waals surface area contributed by atoms with Crippen LogP contribution in [0.15, 0.2) is 0 Å². The highest BCUT2D eigenvalue weighted by atomic mass is 16.6. The minimum Gasteiger partial charge on any atom is -0.394 e. The van der Waals surface area contributed by atoms with E-state index in [2.05, 4.69) is 4.74 Å². The Morgan fingerprint density at radius 2 is 1.85 bits per heavy atom. The predicted octanol–water partition coefficient (Wildman–Crippen LogP) is -3.94. The first-order valence-electron chi connectivity index (χ1n) is 3.73. The smallest absolute Gasteiger partial charge is 0.200 e. The zero-order valence-electron chi connectivity index (χ0n) is 6.74. The summed E-state index contributed by atoms with van der Waals surface area (Å²) in [4.78, 5) is 0. The lowest BCUT2D eigenvalue weighted by atomic mass is 9.94. The first kappa shape index (κ1) is 10.8. The van der Waals surface area contributed by atoms with Crippen molar-refractivity contribution in [1.29, 1.82) is 0 Å². The van der Waals surface area contributed by atoms with Gasteiger partial charge in [0.2, 0.25) is 6.29 Å². The number of ether oxygens (including phenoxy) is 1. The van der Waals surface area contributed by atoms with E-state index in [0.29, 0.717) is 0 Å². The molecule has 0 spiro atoms. The fourth-order valence-corrected chi connectivity index (χ4v) is 1.13. The van der Waals surface area contributed by atoms with Crippen molar-refractivity contribution in [2.24, 2.45) is 5.73 Å². The van der Waals surface area contributed by atoms with Gasteiger partial charge in [0.05, 0.1) is 6.61 Å². The number of hydrogen-bond acceptors (Lipinski definition) is 7. The van der Waals surface area contributed by atoms with Crippen LogP contribution in [0, 0.1) is 0 Å². The highest BCUT2D eigenvalue weighted by Crippen LogP contribution is 2.24. The third-order valence-electron chi connectivity index (χ3n) is 2.06. The van der Waals surface area contributed by atoms with Crippen LogP contribution < -0.4 is 5.73 Å². The Hall–Kier alpha value is -0.280. The molecule has 1 rings (SSSR count). The molecule has 1 fully saturated rings. The molecule has 78 valence electrons. The maximum absolute atomic E-state index is 9.21. The number of hydrogen-bond donors (Lipinski definition) is 6. The molecule has 0 aliphatic carbocycles. The van der Waals surface area contributed by atoms with Crippen molar-refractivity contribution >= 4 is 0 Å². The third kappa shape index (κ3) is 1.67. The van der Waals surface area contributed by atoms with Crippen LogP contribution in [0.5, 0.6) is 0 Å². The van der Waals surface area contributed by atoms with Gasteiger partial charge in [0.15, 0.2) is 5.72 Å². The van der Waals surface area contributed by atoms with Gasteiger partial charge in [0.1, 0.15) is 18.3 Å². The van der Waals surface area contributed by atoms with Crippen LogP contribution in [0.25, 0.3) is 0 Å². The van der Waals surface area contributed by atoms with E-state index >= 15 is 0 Å². The van der Waals surface area contributed by atoms with Gasteiger partial charge < -0.3 is 30.3 Å². The lowest BCUT2D eigenvalue weighted by Gasteiger charge is -2.43. The molecule has 0 unspecified atom stereocenters. The molecule has 1 saturated heterocycles. The quantitative estimate of drug-likeness (QED) is 0.235. The summed E-state index contributed by atoms with van der Waals surface area (Å²) in [5, 5.41) is 45.3. The lowest BCUT2D eigenvalue weighted by Crippen LogP contribution is -2.70. The van der Waals surface area contributed by atoms with Crippen molar-refractivity contribution in [2.45, 2.75) is 30.3 Å². The third-order valence-corrected chi connectivity index (χ3v) is 2.06. The van der Waals surface area contributed by atoms with Crippen molar-refractivity contribution in [3.63, 3.8) is 0 Å². The van der Waals surface area contributed by atoms with Gasteiger partial charge in [0.25, 0.3) is 0 Å². The molecule has 7 N–H and O–H groups in total. The summed E-state index contributed by atoms with van der Waals surface area (Å²) in [7, 11) is 0. The molecule has 0 amide bonds. The number of aliphatic hydroxyl groups excluding tert-OH is 4. The monoisotopic (exact) mass is 195 g/mol. The normalized spacial score (nSPS) is 52.2. The zero-order chi connectivity index (χ0) is 10.2. The number of aliphatic hydroxyl groups is 5. The topological polar surface area (TPSA) is 136 Å². The molecule has 13 heavy (non-hydrogen) atoms. The van der Waals surface area contributed by atoms with Crippen molar-refractivity contribution in [3.05, 3.63) is 0 Å². The lowest BCUT2D eigenvalue weighted by molar-refractivity contribution is -0.327. The van der Waals surface area contributed by atoms with Crippen molar-refractivity contribution in [3.8, 4) is 0 Å². The van der Waals surface area contributed by atoms with Gasteiger partial charge in [-0.2, -0.15) is 0 Å². The minimum absolute atomic E-state index is 0.592. The Morgan fingerprint density at radius 3 is 2.31 bits per heavy atom. The summed E-state index contributed by atoms with van der Waals surface area (Å²) < 4.78 is 4.55. The Bertz CT molecular complexity index is 186. The van der Waals surface area contributed by atoms with E-state index in [-0.39, 0.29) is 0 Å². The maximum Gasteiger partial charge on any atom is 0.200 e. The van der Waals surface area contributed by atoms with Gasteiger partial charge in [-0.25, -0.2) is 0 Å². The highest BCUT2D eigenvalue weighted by molar-refractivity contribution is 4.95. The van der Waals surface area contributed by atoms with E-state index in [1.807, 2.05) is 0 Å². The molecule has 0 aromatic carbocycles. The summed E-state index contributed by atoms with van der Waals surface area (Å²) in [5.41, 5.74) is 2.64. The minimum atomic E-state index is -2.43. The fourth-order valence-electron chi connectivity index (χ4n) is 1.13. The van der Waals surface area contributed by atoms with Crippen LogP contribution in [0.2, 0.25) is 0 Å². The molecule has 0 aromatic rings. The predicted molar refractivity (Wildman–Crippen MR) is 39.1 cm³/mol. The van der Waals surface area contributed by atoms with E-state index < -0.39 is 36.9 Å². The Kier molecular flexibility index (Phi) is 2.88. The van der Waals surface area contributed by atoms with Crippen molar-refractivity contribution in [1.82, 2.24) is 0 Å². The Balaban J connectivity index is 2.79. The molecule has 0 bridgehead atoms. The standard InChI is InChI=1S/C6H13NO6/c7-6(12)4(10)3(9)2(1-8)13-5(6)11/h2-5,8-12H,1,7H2/t2-,3-,4+,5-,6-/m1/s1. The highest BCUT2D eigenvalue weighted by Gasteiger charge is 2.51. The molecule has 0 saturated carbocycles. The van der Waals surface area contributed by atoms with Gasteiger partial charge in [-0.05, 0) is 0 Å². The first-order valence-corrected chi connectivity index (χ1v) is 3.73. The summed E-state index contributed by atoms with van der Waals surface area (Å²) in [6, 6.07) is 0. The van der Waals surface area contributed by atoms with Crippen LogP contribution in [0.3, 0.4) is 0 Å². The van der Waals surface area contributed by atoms with Crippen LogP contribution in [-0.2, 0) is 4.74 Å². The van der Waals surface area contributed by atoms with Crippen LogP contribution >= 0.6 is 0 Å². The Labute approximate surface area is 74.0 Å². The average Bonchev–Trinajstić information content (AvgIpc) is 2.09. The second kappa shape index (κ2) is 3.46. The van der Waals surface area contributed by atoms with Crippen LogP contribution in [-0.4, -0.2) is 62.5 Å². The Morgan fingerprint density at radius 1 is 1.31 bits per heavy atom. The van der Waals surface area contributed by atoms with Gasteiger partial charge in [0, 0.05) is 0 Å². The molecular formula is C6H13NO6. The molecule has 7 heteroatoms. The summed E-state index contributed by atoms with van der Waals surface area (Å²) in [6.45, 7) is -0.592. The van der Waals surface area contributed by atoms with Gasteiger partial charge in [-0.1, -0.05) is 0 Å². The van der Waals surface area contributed by atoms with Gasteiger partial charge in [-0.3, -0.25) is 5.73 Å². The molecular weight excluding hydrogens is 182 g/mol. The molecule has 1 heterocycles. The van der Waals surface area contributed by atoms with E-state index in [9.17, 15) is 15.3 Å². The molecule has 0 aromatic heterocycles. The zero-order valence-corrected chi connectivity index (χ0v) is 6.74. The van der Waals surface area contributed by atoms with Crippen LogP contribution in [0.1, 0.15) is 0 Å². The maximum atomic E-state index is 9.21. The molecule has 5 atom stereocenters. The summed E-state index contributed by atoms with van der Waals surface area (Å²) in [6.07, 6.45) is -6.31. The number of nitrogens with two attached hydrogens (primary N) is 1. The summed E-state index contributed by atoms with van der Waals surface area (Å²) >= 11 is 0. The molecule has 1 aliphatic rings. The first-order chi connectivity index (χ1) is 5.91. The second-order valence-corrected chi connectivity index (χ2v) is 3.03. The van der Waals surface area contributed by atoms with Gasteiger partial charge >= 0.3 is 0 Å². The van der Waals surface area contributed by atoms with E-state index in [0.717, 1.165) is 0 Å². The summed E-state index contributed by atoms with van der Waals surface area (Å²) in [5.74, 6) is 0. The number of rotatable bonds is 1. The molecule has 0 radical (unpaired) electrons. The van der Waals surface area contributed by atoms with Crippen molar-refractivity contribution < 1.29 is 30.3 Å². The van der Waals surface area contributed by atoms with E-state index in [1.54, 1.807) is 0 Å². The fraction of sp³-hybridized carbons (Fsp3) is 1.00. The van der Waals surface area contributed by atoms with Crippen LogP contribution in [0.4, 0.5) is 0 Å².